The Morgan fingerprint density at radius 2 is 1.60 bits per heavy atom. The van der Waals surface area contributed by atoms with Crippen molar-refractivity contribution in [3.63, 3.8) is 0 Å². The van der Waals surface area contributed by atoms with Gasteiger partial charge in [0.05, 0.1) is 0 Å². The quantitative estimate of drug-likeness (QED) is 0.716. The molecule has 25 heavy (non-hydrogen) atoms. The van der Waals surface area contributed by atoms with Crippen LogP contribution < -0.4 is 16.2 Å². The molecule has 1 aromatic carbocycles. The van der Waals surface area contributed by atoms with Gasteiger partial charge >= 0.3 is 6.03 Å². The molecule has 134 valence electrons. The summed E-state index contributed by atoms with van der Waals surface area (Å²) >= 11 is 0. The standard InChI is InChI=1S/C17H21FN4O3/c18-13-5-3-11(4-6-13)15(23)20-21-17(25)19-14-7-9-22(10-8-14)16(24)12-1-2-12/h3-6,12,14H,1-2,7-10H2,(H,20,23)(H2,19,21,25). The summed E-state index contributed by atoms with van der Waals surface area (Å²) in [5.74, 6) is -0.516. The van der Waals surface area contributed by atoms with E-state index in [-0.39, 0.29) is 23.4 Å². The predicted molar refractivity (Wildman–Crippen MR) is 87.9 cm³/mol. The number of nitrogens with one attached hydrogen (secondary N) is 3. The first-order valence-electron chi connectivity index (χ1n) is 8.44. The molecular weight excluding hydrogens is 327 g/mol. The van der Waals surface area contributed by atoms with Gasteiger partial charge in [0.15, 0.2) is 0 Å². The molecule has 0 aromatic heterocycles. The normalized spacial score (nSPS) is 17.7. The molecule has 2 aliphatic rings. The minimum absolute atomic E-state index is 0.0361. The number of urea groups is 1. The number of likely N-dealkylation sites (tertiary alicyclic amines) is 1. The lowest BCUT2D eigenvalue weighted by molar-refractivity contribution is -0.133. The van der Waals surface area contributed by atoms with E-state index in [4.69, 9.17) is 0 Å². The van der Waals surface area contributed by atoms with Crippen molar-refractivity contribution in [2.75, 3.05) is 13.1 Å². The third-order valence-electron chi connectivity index (χ3n) is 4.46. The van der Waals surface area contributed by atoms with Crippen molar-refractivity contribution in [2.45, 2.75) is 31.7 Å². The van der Waals surface area contributed by atoms with E-state index in [0.717, 1.165) is 12.8 Å². The van der Waals surface area contributed by atoms with E-state index in [9.17, 15) is 18.8 Å². The number of piperidine rings is 1. The van der Waals surface area contributed by atoms with Crippen molar-refractivity contribution in [2.24, 2.45) is 5.92 Å². The number of hydrogen-bond donors (Lipinski definition) is 3. The van der Waals surface area contributed by atoms with Crippen LogP contribution in [-0.4, -0.2) is 41.9 Å². The Hall–Kier alpha value is -2.64. The van der Waals surface area contributed by atoms with Crippen LogP contribution in [0.15, 0.2) is 24.3 Å². The minimum Gasteiger partial charge on any atom is -0.342 e. The van der Waals surface area contributed by atoms with Crippen LogP contribution in [0.3, 0.4) is 0 Å². The van der Waals surface area contributed by atoms with Gasteiger partial charge in [0.1, 0.15) is 5.82 Å². The molecule has 3 rings (SSSR count). The highest BCUT2D eigenvalue weighted by atomic mass is 19.1. The average Bonchev–Trinajstić information content (AvgIpc) is 3.45. The second-order valence-electron chi connectivity index (χ2n) is 6.43. The van der Waals surface area contributed by atoms with E-state index in [1.165, 1.54) is 24.3 Å². The summed E-state index contributed by atoms with van der Waals surface area (Å²) in [4.78, 5) is 37.5. The van der Waals surface area contributed by atoms with Crippen LogP contribution in [0.4, 0.5) is 9.18 Å². The Kier molecular flexibility index (Phi) is 5.16. The number of hydrazine groups is 1. The fourth-order valence-corrected chi connectivity index (χ4v) is 2.84. The Labute approximate surface area is 144 Å². The fraction of sp³-hybridized carbons (Fsp3) is 0.471. The molecule has 8 heteroatoms. The Morgan fingerprint density at radius 3 is 2.20 bits per heavy atom. The zero-order valence-electron chi connectivity index (χ0n) is 13.8. The largest absolute Gasteiger partial charge is 0.342 e. The molecule has 0 radical (unpaired) electrons. The SMILES string of the molecule is O=C(NNC(=O)c1ccc(F)cc1)NC1CCN(C(=O)C2CC2)CC1. The van der Waals surface area contributed by atoms with Gasteiger partial charge in [0.25, 0.3) is 5.91 Å². The van der Waals surface area contributed by atoms with Crippen molar-refractivity contribution < 1.29 is 18.8 Å². The lowest BCUT2D eigenvalue weighted by Crippen LogP contribution is -2.53. The highest BCUT2D eigenvalue weighted by Gasteiger charge is 2.35. The zero-order valence-corrected chi connectivity index (χ0v) is 13.8. The van der Waals surface area contributed by atoms with Crippen LogP contribution in [0, 0.1) is 11.7 Å². The highest BCUT2D eigenvalue weighted by molar-refractivity contribution is 5.95. The summed E-state index contributed by atoms with van der Waals surface area (Å²) in [7, 11) is 0. The number of rotatable bonds is 3. The molecular formula is C17H21FN4O3. The molecule has 1 aliphatic heterocycles. The molecule has 1 heterocycles. The number of carbonyl (C=O) groups is 3. The monoisotopic (exact) mass is 348 g/mol. The van der Waals surface area contributed by atoms with Crippen LogP contribution in [0.1, 0.15) is 36.0 Å². The molecule has 0 unspecified atom stereocenters. The predicted octanol–water partition coefficient (Wildman–Crippen LogP) is 1.17. The van der Waals surface area contributed by atoms with E-state index in [2.05, 4.69) is 16.2 Å². The molecule has 0 atom stereocenters. The average molecular weight is 348 g/mol. The van der Waals surface area contributed by atoms with Gasteiger partial charge in [-0.1, -0.05) is 0 Å². The van der Waals surface area contributed by atoms with Gasteiger partial charge in [-0.2, -0.15) is 0 Å². The summed E-state index contributed by atoms with van der Waals surface area (Å²) in [6.07, 6.45) is 3.37. The maximum atomic E-state index is 12.8. The number of benzene rings is 1. The van der Waals surface area contributed by atoms with E-state index in [1.54, 1.807) is 0 Å². The molecule has 2 fully saturated rings. The summed E-state index contributed by atoms with van der Waals surface area (Å²) in [6, 6.07) is 4.46. The fourth-order valence-electron chi connectivity index (χ4n) is 2.84. The van der Waals surface area contributed by atoms with Gasteiger partial charge in [-0.3, -0.25) is 15.0 Å². The van der Waals surface area contributed by atoms with Gasteiger partial charge in [0, 0.05) is 30.6 Å². The summed E-state index contributed by atoms with van der Waals surface area (Å²) < 4.78 is 12.8. The highest BCUT2D eigenvalue weighted by Crippen LogP contribution is 2.31. The third-order valence-corrected chi connectivity index (χ3v) is 4.46. The molecule has 1 aromatic rings. The minimum atomic E-state index is -0.528. The van der Waals surface area contributed by atoms with Gasteiger partial charge in [-0.05, 0) is 49.9 Å². The van der Waals surface area contributed by atoms with Crippen molar-refractivity contribution in [3.8, 4) is 0 Å². The van der Waals surface area contributed by atoms with Gasteiger partial charge in [-0.15, -0.1) is 0 Å². The maximum Gasteiger partial charge on any atom is 0.333 e. The smallest absolute Gasteiger partial charge is 0.333 e. The van der Waals surface area contributed by atoms with Crippen LogP contribution >= 0.6 is 0 Å². The summed E-state index contributed by atoms with van der Waals surface area (Å²) in [5.41, 5.74) is 4.80. The van der Waals surface area contributed by atoms with E-state index >= 15 is 0 Å². The first-order chi connectivity index (χ1) is 12.0. The van der Waals surface area contributed by atoms with E-state index in [1.807, 2.05) is 4.90 Å². The van der Waals surface area contributed by atoms with E-state index < -0.39 is 17.8 Å². The molecule has 0 bridgehead atoms. The number of halogens is 1. The molecule has 3 N–H and O–H groups in total. The summed E-state index contributed by atoms with van der Waals surface area (Å²) in [5, 5.41) is 2.78. The van der Waals surface area contributed by atoms with Crippen LogP contribution in [-0.2, 0) is 4.79 Å². The van der Waals surface area contributed by atoms with Crippen molar-refractivity contribution in [1.29, 1.82) is 0 Å². The molecule has 1 saturated heterocycles. The van der Waals surface area contributed by atoms with Crippen LogP contribution in [0.25, 0.3) is 0 Å². The molecule has 4 amide bonds. The second-order valence-corrected chi connectivity index (χ2v) is 6.43. The molecule has 0 spiro atoms. The van der Waals surface area contributed by atoms with E-state index in [0.29, 0.717) is 25.9 Å². The zero-order chi connectivity index (χ0) is 17.8. The molecule has 1 saturated carbocycles. The Morgan fingerprint density at radius 1 is 0.960 bits per heavy atom. The molecule has 7 nitrogen and oxygen atoms in total. The Balaban J connectivity index is 1.37. The van der Waals surface area contributed by atoms with Crippen LogP contribution in [0.2, 0.25) is 0 Å². The van der Waals surface area contributed by atoms with Crippen molar-refractivity contribution in [1.82, 2.24) is 21.1 Å². The first kappa shape index (κ1) is 17.2. The van der Waals surface area contributed by atoms with Crippen molar-refractivity contribution in [3.05, 3.63) is 35.6 Å². The van der Waals surface area contributed by atoms with Gasteiger partial charge in [-0.25, -0.2) is 14.6 Å². The maximum absolute atomic E-state index is 12.8. The molecule has 1 aliphatic carbocycles. The number of nitrogens with zero attached hydrogens (tertiary/aromatic N) is 1. The third kappa shape index (κ3) is 4.68. The van der Waals surface area contributed by atoms with Gasteiger partial charge in [0.2, 0.25) is 5.91 Å². The van der Waals surface area contributed by atoms with Crippen molar-refractivity contribution >= 4 is 17.8 Å². The van der Waals surface area contributed by atoms with Crippen LogP contribution in [0.5, 0.6) is 0 Å². The van der Waals surface area contributed by atoms with Gasteiger partial charge < -0.3 is 10.2 Å². The Bertz CT molecular complexity index is 652. The topological polar surface area (TPSA) is 90.5 Å². The lowest BCUT2D eigenvalue weighted by Gasteiger charge is -2.32. The number of hydrogen-bond acceptors (Lipinski definition) is 3. The first-order valence-corrected chi connectivity index (χ1v) is 8.44. The number of amides is 4. The summed E-state index contributed by atoms with van der Waals surface area (Å²) in [6.45, 7) is 1.28. The lowest BCUT2D eigenvalue weighted by atomic mass is 10.0. The second kappa shape index (κ2) is 7.50. The number of carbonyl (C=O) groups excluding carboxylic acids is 3.